The number of benzene rings is 1. The Labute approximate surface area is 110 Å². The Hall–Kier alpha value is -2.76. The van der Waals surface area contributed by atoms with E-state index in [0.29, 0.717) is 0 Å². The molecule has 0 spiro atoms. The normalized spacial score (nSPS) is 10.3. The summed E-state index contributed by atoms with van der Waals surface area (Å²) in [6.07, 6.45) is 5.14. The molecule has 19 heavy (non-hydrogen) atoms. The summed E-state index contributed by atoms with van der Waals surface area (Å²) in [5, 5.41) is 14.5. The van der Waals surface area contributed by atoms with Crippen LogP contribution in [0.4, 0.5) is 5.69 Å². The third kappa shape index (κ3) is 2.74. The van der Waals surface area contributed by atoms with E-state index in [1.54, 1.807) is 23.4 Å². The van der Waals surface area contributed by atoms with E-state index in [9.17, 15) is 0 Å². The van der Waals surface area contributed by atoms with Crippen molar-refractivity contribution in [1.82, 2.24) is 25.2 Å². The molecule has 0 aliphatic carbocycles. The van der Waals surface area contributed by atoms with Gasteiger partial charge in [-0.15, -0.1) is 5.10 Å². The molecule has 0 radical (unpaired) electrons. The van der Waals surface area contributed by atoms with Gasteiger partial charge in [-0.05, 0) is 46.3 Å². The molecule has 3 rings (SSSR count). The molecule has 0 bridgehead atoms. The first-order chi connectivity index (χ1) is 9.42. The number of hydrogen-bond donors (Lipinski definition) is 1. The molecule has 3 aromatic rings. The molecule has 2 heterocycles. The second-order valence-corrected chi connectivity index (χ2v) is 4.01. The minimum Gasteiger partial charge on any atom is -0.381 e. The summed E-state index contributed by atoms with van der Waals surface area (Å²) >= 11 is 0. The zero-order valence-corrected chi connectivity index (χ0v) is 10.1. The number of nitrogens with one attached hydrogen (secondary N) is 1. The molecular formula is C13H12N6. The molecule has 0 fully saturated rings. The molecule has 94 valence electrons. The van der Waals surface area contributed by atoms with Crippen LogP contribution in [0.1, 0.15) is 5.56 Å². The number of anilines is 1. The number of rotatable bonds is 4. The van der Waals surface area contributed by atoms with Crippen LogP contribution in [0.2, 0.25) is 0 Å². The van der Waals surface area contributed by atoms with E-state index >= 15 is 0 Å². The minimum atomic E-state index is 0.752. The van der Waals surface area contributed by atoms with Gasteiger partial charge in [-0.3, -0.25) is 4.98 Å². The van der Waals surface area contributed by atoms with E-state index in [4.69, 9.17) is 0 Å². The van der Waals surface area contributed by atoms with Gasteiger partial charge < -0.3 is 5.32 Å². The predicted molar refractivity (Wildman–Crippen MR) is 70.7 cm³/mol. The summed E-state index contributed by atoms with van der Waals surface area (Å²) in [6, 6.07) is 11.9. The van der Waals surface area contributed by atoms with Crippen molar-refractivity contribution in [3.8, 4) is 5.69 Å². The van der Waals surface area contributed by atoms with Crippen molar-refractivity contribution in [2.75, 3.05) is 5.32 Å². The first-order valence-electron chi connectivity index (χ1n) is 5.88. The number of hydrogen-bond acceptors (Lipinski definition) is 5. The second-order valence-electron chi connectivity index (χ2n) is 4.01. The van der Waals surface area contributed by atoms with Gasteiger partial charge in [0.15, 0.2) is 0 Å². The van der Waals surface area contributed by atoms with Crippen LogP contribution in [0, 0.1) is 0 Å². The van der Waals surface area contributed by atoms with E-state index in [1.807, 2.05) is 36.4 Å². The van der Waals surface area contributed by atoms with E-state index < -0.39 is 0 Å². The van der Waals surface area contributed by atoms with Gasteiger partial charge in [-0.25, -0.2) is 4.68 Å². The summed E-state index contributed by atoms with van der Waals surface area (Å²) in [5.74, 6) is 0. The molecule has 0 atom stereocenters. The standard InChI is InChI=1S/C13H12N6/c1-2-12(15-9-11-4-6-14-7-5-11)8-13(3-1)19-10-16-17-18-19/h1-8,10,15H,9H2. The van der Waals surface area contributed by atoms with Gasteiger partial charge in [0.05, 0.1) is 5.69 Å². The van der Waals surface area contributed by atoms with Crippen LogP contribution in [0.25, 0.3) is 5.69 Å². The summed E-state index contributed by atoms with van der Waals surface area (Å²) in [5.41, 5.74) is 3.12. The highest BCUT2D eigenvalue weighted by atomic mass is 15.5. The highest BCUT2D eigenvalue weighted by Crippen LogP contribution is 2.14. The molecule has 0 saturated carbocycles. The maximum Gasteiger partial charge on any atom is 0.143 e. The average Bonchev–Trinajstić information content (AvgIpc) is 3.01. The molecule has 2 aromatic heterocycles. The van der Waals surface area contributed by atoms with Crippen LogP contribution >= 0.6 is 0 Å². The maximum absolute atomic E-state index is 3.99. The molecule has 6 heteroatoms. The monoisotopic (exact) mass is 252 g/mol. The van der Waals surface area contributed by atoms with Crippen molar-refractivity contribution in [3.05, 3.63) is 60.7 Å². The van der Waals surface area contributed by atoms with E-state index in [1.165, 1.54) is 5.56 Å². The van der Waals surface area contributed by atoms with Gasteiger partial charge in [-0.1, -0.05) is 6.07 Å². The van der Waals surface area contributed by atoms with Crippen LogP contribution in [-0.2, 0) is 6.54 Å². The van der Waals surface area contributed by atoms with Crippen LogP contribution in [0.15, 0.2) is 55.1 Å². The third-order valence-electron chi connectivity index (χ3n) is 2.71. The first kappa shape index (κ1) is 11.3. The Morgan fingerprint density at radius 3 is 2.79 bits per heavy atom. The van der Waals surface area contributed by atoms with Crippen molar-refractivity contribution >= 4 is 5.69 Å². The van der Waals surface area contributed by atoms with E-state index in [2.05, 4.69) is 25.8 Å². The van der Waals surface area contributed by atoms with E-state index in [-0.39, 0.29) is 0 Å². The fraction of sp³-hybridized carbons (Fsp3) is 0.0769. The number of tetrazole rings is 1. The molecule has 0 aliphatic rings. The lowest BCUT2D eigenvalue weighted by atomic mass is 10.2. The van der Waals surface area contributed by atoms with Gasteiger partial charge in [0.1, 0.15) is 6.33 Å². The fourth-order valence-corrected chi connectivity index (χ4v) is 1.74. The fourth-order valence-electron chi connectivity index (χ4n) is 1.74. The van der Waals surface area contributed by atoms with Crippen molar-refractivity contribution in [2.45, 2.75) is 6.54 Å². The average molecular weight is 252 g/mol. The van der Waals surface area contributed by atoms with Crippen molar-refractivity contribution in [2.24, 2.45) is 0 Å². The van der Waals surface area contributed by atoms with Crippen LogP contribution in [0.5, 0.6) is 0 Å². The third-order valence-corrected chi connectivity index (χ3v) is 2.71. The van der Waals surface area contributed by atoms with Gasteiger partial charge >= 0.3 is 0 Å². The minimum absolute atomic E-state index is 0.752. The first-order valence-corrected chi connectivity index (χ1v) is 5.88. The summed E-state index contributed by atoms with van der Waals surface area (Å²) in [6.45, 7) is 0.752. The number of aromatic nitrogens is 5. The van der Waals surface area contributed by atoms with Gasteiger partial charge in [-0.2, -0.15) is 0 Å². The molecule has 0 amide bonds. The molecule has 6 nitrogen and oxygen atoms in total. The zero-order chi connectivity index (χ0) is 12.9. The largest absolute Gasteiger partial charge is 0.381 e. The Kier molecular flexibility index (Phi) is 3.14. The van der Waals surface area contributed by atoms with Crippen LogP contribution in [0.3, 0.4) is 0 Å². The maximum atomic E-state index is 3.99. The zero-order valence-electron chi connectivity index (χ0n) is 10.1. The molecule has 1 N–H and O–H groups in total. The highest BCUT2D eigenvalue weighted by molar-refractivity contribution is 5.50. The van der Waals surface area contributed by atoms with Crippen molar-refractivity contribution in [3.63, 3.8) is 0 Å². The highest BCUT2D eigenvalue weighted by Gasteiger charge is 1.99. The molecule has 0 unspecified atom stereocenters. The predicted octanol–water partition coefficient (Wildman–Crippen LogP) is 1.67. The number of nitrogens with zero attached hydrogens (tertiary/aromatic N) is 5. The Morgan fingerprint density at radius 1 is 1.11 bits per heavy atom. The van der Waals surface area contributed by atoms with Crippen LogP contribution in [-0.4, -0.2) is 25.2 Å². The molecule has 1 aromatic carbocycles. The van der Waals surface area contributed by atoms with Gasteiger partial charge in [0.2, 0.25) is 0 Å². The second kappa shape index (κ2) is 5.26. The lowest BCUT2D eigenvalue weighted by Gasteiger charge is -2.07. The molecule has 0 aliphatic heterocycles. The molecule has 0 saturated heterocycles. The topological polar surface area (TPSA) is 68.5 Å². The quantitative estimate of drug-likeness (QED) is 0.765. The van der Waals surface area contributed by atoms with Gasteiger partial charge in [0, 0.05) is 24.6 Å². The Balaban J connectivity index is 1.74. The summed E-state index contributed by atoms with van der Waals surface area (Å²) in [7, 11) is 0. The lowest BCUT2D eigenvalue weighted by molar-refractivity contribution is 0.789. The van der Waals surface area contributed by atoms with Crippen molar-refractivity contribution in [1.29, 1.82) is 0 Å². The Bertz CT molecular complexity index is 635. The SMILES string of the molecule is c1cc(NCc2ccncc2)cc(-n2cnnn2)c1. The van der Waals surface area contributed by atoms with E-state index in [0.717, 1.165) is 17.9 Å². The van der Waals surface area contributed by atoms with Crippen molar-refractivity contribution < 1.29 is 0 Å². The summed E-state index contributed by atoms with van der Waals surface area (Å²) < 4.78 is 1.62. The smallest absolute Gasteiger partial charge is 0.143 e. The summed E-state index contributed by atoms with van der Waals surface area (Å²) in [4.78, 5) is 3.99. The number of pyridine rings is 1. The van der Waals surface area contributed by atoms with Crippen LogP contribution < -0.4 is 5.32 Å². The lowest BCUT2D eigenvalue weighted by Crippen LogP contribution is -2.01. The Morgan fingerprint density at radius 2 is 2.00 bits per heavy atom. The molecular weight excluding hydrogens is 240 g/mol. The van der Waals surface area contributed by atoms with Gasteiger partial charge in [0.25, 0.3) is 0 Å².